The van der Waals surface area contributed by atoms with E-state index in [1.165, 1.54) is 10.4 Å². The standard InChI is InChI=1S/C19H28N4O4S/c1-5-9-15-12-16(22-21-15)19(24)20-14-10-11-17(27-8-4)18(13-14)28(25,26)23(6-2)7-3/h10-13H,5-9H2,1-4H3,(H,20,24)(H,21,22). The van der Waals surface area contributed by atoms with Crippen LogP contribution in [-0.2, 0) is 16.4 Å². The molecular formula is C19H28N4O4S. The Morgan fingerprint density at radius 2 is 1.89 bits per heavy atom. The highest BCUT2D eigenvalue weighted by Gasteiger charge is 2.26. The van der Waals surface area contributed by atoms with Crippen molar-refractivity contribution in [3.8, 4) is 5.75 Å². The predicted octanol–water partition coefficient (Wildman–Crippen LogP) is 3.04. The highest BCUT2D eigenvalue weighted by Crippen LogP contribution is 2.30. The fraction of sp³-hybridized carbons (Fsp3) is 0.474. The number of H-pyrrole nitrogens is 1. The van der Waals surface area contributed by atoms with Gasteiger partial charge in [0.2, 0.25) is 10.0 Å². The number of anilines is 1. The lowest BCUT2D eigenvalue weighted by Gasteiger charge is -2.21. The van der Waals surface area contributed by atoms with Gasteiger partial charge in [0, 0.05) is 24.5 Å². The molecule has 2 aromatic rings. The second-order valence-corrected chi connectivity index (χ2v) is 8.07. The van der Waals surface area contributed by atoms with Crippen molar-refractivity contribution in [2.45, 2.75) is 45.4 Å². The van der Waals surface area contributed by atoms with Gasteiger partial charge in [-0.25, -0.2) is 8.42 Å². The van der Waals surface area contributed by atoms with Crippen LogP contribution in [0.5, 0.6) is 5.75 Å². The molecule has 2 rings (SSSR count). The van der Waals surface area contributed by atoms with Gasteiger partial charge in [0.15, 0.2) is 5.69 Å². The average molecular weight is 409 g/mol. The SMILES string of the molecule is CCCc1cc(C(=O)Nc2ccc(OCC)c(S(=O)(=O)N(CC)CC)c2)n[nH]1. The molecule has 1 aromatic carbocycles. The molecule has 0 fully saturated rings. The van der Waals surface area contributed by atoms with E-state index >= 15 is 0 Å². The Morgan fingerprint density at radius 3 is 2.50 bits per heavy atom. The van der Waals surface area contributed by atoms with Crippen LogP contribution in [0.15, 0.2) is 29.2 Å². The van der Waals surface area contributed by atoms with Crippen LogP contribution in [0.25, 0.3) is 0 Å². The number of benzene rings is 1. The Kier molecular flexibility index (Phi) is 7.59. The molecule has 0 atom stereocenters. The Hall–Kier alpha value is -2.39. The van der Waals surface area contributed by atoms with Gasteiger partial charge < -0.3 is 10.1 Å². The summed E-state index contributed by atoms with van der Waals surface area (Å²) >= 11 is 0. The Labute approximate surface area is 166 Å². The lowest BCUT2D eigenvalue weighted by Crippen LogP contribution is -2.31. The van der Waals surface area contributed by atoms with E-state index in [2.05, 4.69) is 15.5 Å². The van der Waals surface area contributed by atoms with Gasteiger partial charge in [-0.3, -0.25) is 9.89 Å². The summed E-state index contributed by atoms with van der Waals surface area (Å²) < 4.78 is 32.8. The normalized spacial score (nSPS) is 11.6. The number of hydrogen-bond acceptors (Lipinski definition) is 5. The monoisotopic (exact) mass is 408 g/mol. The summed E-state index contributed by atoms with van der Waals surface area (Å²) in [6.45, 7) is 8.40. The largest absolute Gasteiger partial charge is 0.492 e. The first-order chi connectivity index (χ1) is 13.4. The zero-order chi connectivity index (χ0) is 20.7. The fourth-order valence-electron chi connectivity index (χ4n) is 2.84. The number of amides is 1. The molecular weight excluding hydrogens is 380 g/mol. The quantitative estimate of drug-likeness (QED) is 0.629. The van der Waals surface area contributed by atoms with E-state index in [-0.39, 0.29) is 16.3 Å². The first-order valence-electron chi connectivity index (χ1n) is 9.49. The van der Waals surface area contributed by atoms with E-state index in [4.69, 9.17) is 4.74 Å². The van der Waals surface area contributed by atoms with Crippen LogP contribution in [0.2, 0.25) is 0 Å². The zero-order valence-electron chi connectivity index (χ0n) is 16.8. The Balaban J connectivity index is 2.34. The van der Waals surface area contributed by atoms with E-state index in [0.29, 0.717) is 25.4 Å². The van der Waals surface area contributed by atoms with Crippen LogP contribution < -0.4 is 10.1 Å². The van der Waals surface area contributed by atoms with Crippen molar-refractivity contribution in [2.24, 2.45) is 0 Å². The van der Waals surface area contributed by atoms with Crippen LogP contribution in [0.4, 0.5) is 5.69 Å². The molecule has 8 nitrogen and oxygen atoms in total. The number of ether oxygens (including phenoxy) is 1. The van der Waals surface area contributed by atoms with Crippen LogP contribution in [-0.4, -0.2) is 48.5 Å². The maximum atomic E-state index is 13.0. The molecule has 0 spiro atoms. The van der Waals surface area contributed by atoms with Gasteiger partial charge in [-0.05, 0) is 37.6 Å². The molecule has 1 amide bonds. The number of sulfonamides is 1. The van der Waals surface area contributed by atoms with Crippen LogP contribution in [0.3, 0.4) is 0 Å². The van der Waals surface area contributed by atoms with E-state index in [0.717, 1.165) is 18.5 Å². The van der Waals surface area contributed by atoms with E-state index in [1.54, 1.807) is 39.0 Å². The van der Waals surface area contributed by atoms with Crippen molar-refractivity contribution in [2.75, 3.05) is 25.0 Å². The van der Waals surface area contributed by atoms with Crippen molar-refractivity contribution in [3.63, 3.8) is 0 Å². The van der Waals surface area contributed by atoms with Gasteiger partial charge in [0.1, 0.15) is 10.6 Å². The molecule has 0 bridgehead atoms. The second-order valence-electron chi connectivity index (χ2n) is 6.17. The van der Waals surface area contributed by atoms with Gasteiger partial charge in [0.05, 0.1) is 6.61 Å². The Morgan fingerprint density at radius 1 is 1.18 bits per heavy atom. The second kappa shape index (κ2) is 9.70. The molecule has 1 aromatic heterocycles. The lowest BCUT2D eigenvalue weighted by molar-refractivity contribution is 0.102. The average Bonchev–Trinajstić information content (AvgIpc) is 3.13. The summed E-state index contributed by atoms with van der Waals surface area (Å²) in [5.74, 6) is -0.147. The third kappa shape index (κ3) is 4.90. The minimum absolute atomic E-state index is 0.0320. The molecule has 28 heavy (non-hydrogen) atoms. The van der Waals surface area contributed by atoms with Crippen LogP contribution in [0, 0.1) is 0 Å². The number of carbonyl (C=O) groups is 1. The number of aromatic nitrogens is 2. The van der Waals surface area contributed by atoms with Gasteiger partial charge in [-0.1, -0.05) is 27.2 Å². The molecule has 1 heterocycles. The molecule has 0 saturated carbocycles. The number of aromatic amines is 1. The number of carbonyl (C=O) groups excluding carboxylic acids is 1. The minimum Gasteiger partial charge on any atom is -0.492 e. The summed E-state index contributed by atoms with van der Waals surface area (Å²) in [6.07, 6.45) is 1.74. The maximum absolute atomic E-state index is 13.0. The van der Waals surface area contributed by atoms with E-state index in [1.807, 2.05) is 6.92 Å². The first kappa shape index (κ1) is 21.9. The summed E-state index contributed by atoms with van der Waals surface area (Å²) in [5, 5.41) is 9.56. The topological polar surface area (TPSA) is 104 Å². The minimum atomic E-state index is -3.74. The predicted molar refractivity (Wildman–Crippen MR) is 108 cm³/mol. The van der Waals surface area contributed by atoms with Gasteiger partial charge >= 0.3 is 0 Å². The van der Waals surface area contributed by atoms with E-state index in [9.17, 15) is 13.2 Å². The molecule has 0 saturated heterocycles. The third-order valence-electron chi connectivity index (χ3n) is 4.21. The molecule has 154 valence electrons. The lowest BCUT2D eigenvalue weighted by atomic mass is 10.2. The smallest absolute Gasteiger partial charge is 0.276 e. The zero-order valence-corrected chi connectivity index (χ0v) is 17.6. The van der Waals surface area contributed by atoms with Crippen molar-refractivity contribution in [1.29, 1.82) is 0 Å². The molecule has 2 N–H and O–H groups in total. The van der Waals surface area contributed by atoms with Crippen molar-refractivity contribution >= 4 is 21.6 Å². The van der Waals surface area contributed by atoms with Gasteiger partial charge in [0.25, 0.3) is 5.91 Å². The maximum Gasteiger partial charge on any atom is 0.276 e. The van der Waals surface area contributed by atoms with Crippen LogP contribution >= 0.6 is 0 Å². The third-order valence-corrected chi connectivity index (χ3v) is 6.28. The number of nitrogens with zero attached hydrogens (tertiary/aromatic N) is 2. The summed E-state index contributed by atoms with van der Waals surface area (Å²) in [4.78, 5) is 12.5. The van der Waals surface area contributed by atoms with Crippen molar-refractivity contribution < 1.29 is 17.9 Å². The molecule has 9 heteroatoms. The highest BCUT2D eigenvalue weighted by atomic mass is 32.2. The first-order valence-corrected chi connectivity index (χ1v) is 10.9. The van der Waals surface area contributed by atoms with Crippen molar-refractivity contribution in [1.82, 2.24) is 14.5 Å². The number of hydrogen-bond donors (Lipinski definition) is 2. The van der Waals surface area contributed by atoms with E-state index < -0.39 is 15.9 Å². The summed E-state index contributed by atoms with van der Waals surface area (Å²) in [6, 6.07) is 6.30. The molecule has 0 aliphatic rings. The fourth-order valence-corrected chi connectivity index (χ4v) is 4.45. The molecule has 0 aliphatic carbocycles. The summed E-state index contributed by atoms with van der Waals surface area (Å²) in [7, 11) is -3.74. The van der Waals surface area contributed by atoms with Crippen molar-refractivity contribution in [3.05, 3.63) is 35.7 Å². The molecule has 0 radical (unpaired) electrons. The number of nitrogens with one attached hydrogen (secondary N) is 2. The Bertz CT molecular complexity index is 904. The molecule has 0 aliphatic heterocycles. The van der Waals surface area contributed by atoms with Gasteiger partial charge in [-0.2, -0.15) is 9.40 Å². The highest BCUT2D eigenvalue weighted by molar-refractivity contribution is 7.89. The van der Waals surface area contributed by atoms with Crippen LogP contribution in [0.1, 0.15) is 50.3 Å². The number of aryl methyl sites for hydroxylation is 1. The summed E-state index contributed by atoms with van der Waals surface area (Å²) in [5.41, 5.74) is 1.49. The van der Waals surface area contributed by atoms with Gasteiger partial charge in [-0.15, -0.1) is 0 Å². The molecule has 0 unspecified atom stereocenters. The number of rotatable bonds is 10.